The summed E-state index contributed by atoms with van der Waals surface area (Å²) in [6.45, 7) is 19.6. The van der Waals surface area contributed by atoms with Gasteiger partial charge in [0.15, 0.2) is 5.78 Å². The van der Waals surface area contributed by atoms with Gasteiger partial charge in [0, 0.05) is 12.8 Å². The van der Waals surface area contributed by atoms with Gasteiger partial charge in [-0.3, -0.25) is 4.79 Å². The largest absolute Gasteiger partial charge is 0.353 e. The van der Waals surface area contributed by atoms with E-state index >= 15 is 0 Å². The normalized spacial score (nSPS) is 20.0. The van der Waals surface area contributed by atoms with Crippen molar-refractivity contribution in [2.45, 2.75) is 131 Å². The van der Waals surface area contributed by atoms with Crippen LogP contribution in [-0.2, 0) is 9.53 Å². The SMILES string of the molecule is CC.CC.CC(C)(C)C.CN.Cc1cccc(C(Br)C(=O)C2CC2)c1C1CCC(OC(C)(F)F)CC1. The number of hydrogen-bond donors (Lipinski definition) is 1. The first kappa shape index (κ1) is 37.3. The number of benzene rings is 1. The van der Waals surface area contributed by atoms with E-state index in [9.17, 15) is 13.6 Å². The number of carbonyl (C=O) groups is 1. The third-order valence-electron chi connectivity index (χ3n) is 5.32. The summed E-state index contributed by atoms with van der Waals surface area (Å²) in [6.07, 6.45) is 1.44. The van der Waals surface area contributed by atoms with E-state index in [1.165, 1.54) is 18.2 Å². The number of ketones is 1. The van der Waals surface area contributed by atoms with Crippen molar-refractivity contribution in [3.63, 3.8) is 0 Å². The lowest BCUT2D eigenvalue weighted by atomic mass is 9.78. The average Bonchev–Trinajstić information content (AvgIpc) is 3.66. The van der Waals surface area contributed by atoms with Crippen molar-refractivity contribution >= 4 is 21.7 Å². The number of alkyl halides is 3. The number of aryl methyl sites for hydroxylation is 1. The minimum absolute atomic E-state index is 0.202. The zero-order chi connectivity index (χ0) is 28.7. The van der Waals surface area contributed by atoms with Gasteiger partial charge in [-0.15, -0.1) is 0 Å². The van der Waals surface area contributed by atoms with Crippen LogP contribution in [0.5, 0.6) is 0 Å². The molecule has 1 atom stereocenters. The van der Waals surface area contributed by atoms with Gasteiger partial charge in [-0.1, -0.05) is 89.5 Å². The molecule has 2 saturated carbocycles. The van der Waals surface area contributed by atoms with E-state index in [0.29, 0.717) is 24.2 Å². The van der Waals surface area contributed by atoms with Crippen molar-refractivity contribution in [1.82, 2.24) is 0 Å². The minimum Gasteiger partial charge on any atom is -0.333 e. The molecule has 2 aliphatic carbocycles. The molecule has 0 radical (unpaired) electrons. The Hall–Kier alpha value is -0.850. The van der Waals surface area contributed by atoms with E-state index in [1.54, 1.807) is 0 Å². The molecule has 0 amide bonds. The maximum atomic E-state index is 13.1. The van der Waals surface area contributed by atoms with E-state index in [0.717, 1.165) is 38.2 Å². The van der Waals surface area contributed by atoms with Gasteiger partial charge in [0.05, 0.1) is 10.9 Å². The number of nitrogens with two attached hydrogens (primary N) is 1. The number of Topliss-reactive ketones (excluding diaryl/α,β-unsaturated/α-hetero) is 1. The zero-order valence-corrected chi connectivity index (χ0v) is 26.4. The molecule has 36 heavy (non-hydrogen) atoms. The van der Waals surface area contributed by atoms with Crippen LogP contribution in [0.4, 0.5) is 8.78 Å². The fourth-order valence-corrected chi connectivity index (χ4v) is 4.75. The first-order valence-electron chi connectivity index (χ1n) is 13.7. The molecule has 3 rings (SSSR count). The molecule has 2 N–H and O–H groups in total. The molecule has 1 unspecified atom stereocenters. The quantitative estimate of drug-likeness (QED) is 0.342. The van der Waals surface area contributed by atoms with Crippen LogP contribution in [0.1, 0.15) is 128 Å². The molecule has 2 aliphatic rings. The number of carbonyl (C=O) groups excluding carboxylic acids is 1. The van der Waals surface area contributed by atoms with Crippen LogP contribution in [0.2, 0.25) is 0 Å². The number of ether oxygens (including phenoxy) is 1. The lowest BCUT2D eigenvalue weighted by Gasteiger charge is -2.32. The second-order valence-electron chi connectivity index (χ2n) is 10.5. The Kier molecular flexibility index (Phi) is 19.1. The van der Waals surface area contributed by atoms with Crippen molar-refractivity contribution in [2.75, 3.05) is 7.05 Å². The Bertz CT molecular complexity index is 711. The second kappa shape index (κ2) is 18.4. The number of halogens is 3. The maximum Gasteiger partial charge on any atom is 0.353 e. The van der Waals surface area contributed by atoms with Gasteiger partial charge in [0.1, 0.15) is 0 Å². The topological polar surface area (TPSA) is 52.3 Å². The van der Waals surface area contributed by atoms with E-state index < -0.39 is 6.11 Å². The van der Waals surface area contributed by atoms with Gasteiger partial charge in [0.2, 0.25) is 0 Å². The van der Waals surface area contributed by atoms with Crippen molar-refractivity contribution < 1.29 is 18.3 Å². The molecule has 212 valence electrons. The molecule has 0 saturated heterocycles. The molecule has 0 spiro atoms. The number of hydrogen-bond acceptors (Lipinski definition) is 3. The lowest BCUT2D eigenvalue weighted by Crippen LogP contribution is -2.29. The van der Waals surface area contributed by atoms with Gasteiger partial charge in [0.25, 0.3) is 0 Å². The van der Waals surface area contributed by atoms with Crippen LogP contribution in [0, 0.1) is 18.3 Å². The smallest absolute Gasteiger partial charge is 0.333 e. The third kappa shape index (κ3) is 15.4. The van der Waals surface area contributed by atoms with Crippen LogP contribution in [-0.4, -0.2) is 25.0 Å². The van der Waals surface area contributed by atoms with Gasteiger partial charge < -0.3 is 10.5 Å². The van der Waals surface area contributed by atoms with Gasteiger partial charge in [-0.05, 0) is 80.5 Å². The summed E-state index contributed by atoms with van der Waals surface area (Å²) in [5, 5.41) is 0. The summed E-state index contributed by atoms with van der Waals surface area (Å²) in [6, 6.07) is 6.10. The summed E-state index contributed by atoms with van der Waals surface area (Å²) in [5.74, 6) is 0.775. The van der Waals surface area contributed by atoms with Crippen molar-refractivity contribution in [2.24, 2.45) is 17.1 Å². The maximum absolute atomic E-state index is 13.1. The predicted octanol–water partition coefficient (Wildman–Crippen LogP) is 9.75. The summed E-state index contributed by atoms with van der Waals surface area (Å²) in [4.78, 5) is 12.3. The van der Waals surface area contributed by atoms with Gasteiger partial charge in [-0.2, -0.15) is 8.78 Å². The van der Waals surface area contributed by atoms with Crippen molar-refractivity contribution in [3.8, 4) is 0 Å². The average molecular weight is 579 g/mol. The number of rotatable bonds is 6. The Morgan fingerprint density at radius 3 is 1.78 bits per heavy atom. The minimum atomic E-state index is -3.07. The van der Waals surface area contributed by atoms with E-state index in [1.807, 2.05) is 39.8 Å². The van der Waals surface area contributed by atoms with Crippen LogP contribution in [0.25, 0.3) is 0 Å². The van der Waals surface area contributed by atoms with Gasteiger partial charge in [-0.25, -0.2) is 0 Å². The molecule has 2 fully saturated rings. The highest BCUT2D eigenvalue weighted by Crippen LogP contribution is 2.44. The Morgan fingerprint density at radius 1 is 0.944 bits per heavy atom. The molecule has 1 aromatic carbocycles. The molecule has 0 bridgehead atoms. The summed E-state index contributed by atoms with van der Waals surface area (Å²) >= 11 is 3.62. The van der Waals surface area contributed by atoms with Crippen LogP contribution >= 0.6 is 15.9 Å². The molecular weight excluding hydrogens is 524 g/mol. The zero-order valence-electron chi connectivity index (χ0n) is 24.8. The van der Waals surface area contributed by atoms with Crippen molar-refractivity contribution in [3.05, 3.63) is 34.9 Å². The summed E-state index contributed by atoms with van der Waals surface area (Å²) in [7, 11) is 1.50. The first-order chi connectivity index (χ1) is 16.8. The first-order valence-corrected chi connectivity index (χ1v) is 14.6. The molecule has 6 heteroatoms. The van der Waals surface area contributed by atoms with E-state index in [2.05, 4.69) is 62.3 Å². The lowest BCUT2D eigenvalue weighted by molar-refractivity contribution is -0.254. The molecule has 0 aliphatic heterocycles. The highest BCUT2D eigenvalue weighted by molar-refractivity contribution is 9.09. The second-order valence-corrected chi connectivity index (χ2v) is 11.4. The van der Waals surface area contributed by atoms with Crippen LogP contribution < -0.4 is 5.73 Å². The van der Waals surface area contributed by atoms with E-state index in [4.69, 9.17) is 4.74 Å². The molecule has 3 nitrogen and oxygen atoms in total. The highest BCUT2D eigenvalue weighted by atomic mass is 79.9. The Labute approximate surface area is 229 Å². The molecule has 0 aromatic heterocycles. The molecule has 1 aromatic rings. The van der Waals surface area contributed by atoms with E-state index in [-0.39, 0.29) is 22.6 Å². The highest BCUT2D eigenvalue weighted by Gasteiger charge is 2.37. The Morgan fingerprint density at radius 2 is 1.39 bits per heavy atom. The van der Waals surface area contributed by atoms with Gasteiger partial charge >= 0.3 is 6.11 Å². The summed E-state index contributed by atoms with van der Waals surface area (Å²) in [5.41, 5.74) is 8.46. The van der Waals surface area contributed by atoms with Crippen LogP contribution in [0.3, 0.4) is 0 Å². The standard InChI is InChI=1S/C20H25BrF2O2.C5H12.2C2H6.CH5N/c1-12-4-3-5-16(18(21)19(24)14-6-7-14)17(12)13-8-10-15(11-9-13)25-20(2,22)23;1-5(2,3)4;3*1-2/h3-5,13-15,18H,6-11H2,1-2H3;1-4H3;2*1-2H3;2H2,1H3. The Balaban J connectivity index is 0. The predicted molar refractivity (Wildman–Crippen MR) is 155 cm³/mol. The molecule has 0 heterocycles. The fraction of sp³-hybridized carbons (Fsp3) is 0.767. The fourth-order valence-electron chi connectivity index (χ4n) is 3.97. The third-order valence-corrected chi connectivity index (χ3v) is 6.26. The van der Waals surface area contributed by atoms with Crippen molar-refractivity contribution in [1.29, 1.82) is 0 Å². The summed E-state index contributed by atoms with van der Waals surface area (Å²) < 4.78 is 31.0. The van der Waals surface area contributed by atoms with Crippen LogP contribution in [0.15, 0.2) is 18.2 Å². The monoisotopic (exact) mass is 577 g/mol. The molecular formula is C30H54BrF2NO2.